The van der Waals surface area contributed by atoms with Crippen molar-refractivity contribution in [2.45, 2.75) is 77.0 Å². The maximum absolute atomic E-state index is 11.5. The Bertz CT molecular complexity index is 484. The molecule has 0 unspecified atom stereocenters. The molecule has 8 aliphatic carbocycles. The van der Waals surface area contributed by atoms with E-state index in [-0.39, 0.29) is 11.3 Å². The molecule has 8 fully saturated rings. The topological polar surface area (TPSA) is 69.1 Å². The average Bonchev–Trinajstić information content (AvgIpc) is 2.53. The van der Waals surface area contributed by atoms with Crippen LogP contribution < -0.4 is 11.5 Å². The third-order valence-corrected chi connectivity index (χ3v) is 9.16. The molecule has 0 atom stereocenters. The van der Waals surface area contributed by atoms with Crippen molar-refractivity contribution < 1.29 is 4.79 Å². The molecule has 0 aromatic heterocycles. The molecule has 8 rings (SSSR count). The van der Waals surface area contributed by atoms with E-state index in [1.165, 1.54) is 57.8 Å². The van der Waals surface area contributed by atoms with Crippen LogP contribution in [0, 0.1) is 46.3 Å². The minimum absolute atomic E-state index is 0.00778. The van der Waals surface area contributed by atoms with Gasteiger partial charge < -0.3 is 11.5 Å². The van der Waals surface area contributed by atoms with Crippen LogP contribution in [-0.4, -0.2) is 12.5 Å². The van der Waals surface area contributed by atoms with Crippen molar-refractivity contribution >= 4 is 5.91 Å². The molecule has 0 heterocycles. The zero-order chi connectivity index (χ0) is 17.2. The molecule has 0 spiro atoms. The predicted octanol–water partition coefficient (Wildman–Crippen LogP) is 3.85. The number of hydrogen-bond donors (Lipinski definition) is 2. The second-order valence-electron chi connectivity index (χ2n) is 11.2. The van der Waals surface area contributed by atoms with Gasteiger partial charge in [-0.1, -0.05) is 0 Å². The smallest absolute Gasteiger partial charge is 0.223 e. The zero-order valence-corrected chi connectivity index (χ0v) is 15.7. The molecule has 0 aliphatic heterocycles. The molecule has 8 saturated carbocycles. The lowest BCUT2D eigenvalue weighted by Gasteiger charge is -2.56. The Labute approximate surface area is 152 Å². The lowest BCUT2D eigenvalue weighted by Crippen LogP contribution is -2.52. The highest BCUT2D eigenvalue weighted by molar-refractivity contribution is 5.81. The number of primary amides is 1. The molecule has 3 nitrogen and oxygen atoms in total. The van der Waals surface area contributed by atoms with Gasteiger partial charge in [-0.15, -0.1) is 0 Å². The molecule has 0 saturated heterocycles. The third-order valence-electron chi connectivity index (χ3n) is 9.16. The Balaban J connectivity index is 0.000000112. The van der Waals surface area contributed by atoms with Crippen LogP contribution in [0.5, 0.6) is 0 Å². The fraction of sp³-hybridized carbons (Fsp3) is 0.955. The van der Waals surface area contributed by atoms with Crippen molar-refractivity contribution in [3.63, 3.8) is 0 Å². The minimum Gasteiger partial charge on any atom is -0.369 e. The van der Waals surface area contributed by atoms with Crippen LogP contribution in [0.25, 0.3) is 0 Å². The largest absolute Gasteiger partial charge is 0.369 e. The number of rotatable bonds is 2. The van der Waals surface area contributed by atoms with Gasteiger partial charge in [-0.2, -0.15) is 0 Å². The summed E-state index contributed by atoms with van der Waals surface area (Å²) in [6.45, 7) is 0.969. The summed E-state index contributed by atoms with van der Waals surface area (Å²) >= 11 is 0. The second kappa shape index (κ2) is 5.71. The van der Waals surface area contributed by atoms with Gasteiger partial charge in [0.05, 0.1) is 0 Å². The van der Waals surface area contributed by atoms with E-state index in [9.17, 15) is 4.79 Å². The van der Waals surface area contributed by atoms with Gasteiger partial charge in [0.2, 0.25) is 5.91 Å². The van der Waals surface area contributed by atoms with Crippen molar-refractivity contribution in [1.82, 2.24) is 0 Å². The highest BCUT2D eigenvalue weighted by Crippen LogP contribution is 2.60. The van der Waals surface area contributed by atoms with Crippen LogP contribution in [0.1, 0.15) is 77.0 Å². The highest BCUT2D eigenvalue weighted by atomic mass is 16.1. The summed E-state index contributed by atoms with van der Waals surface area (Å²) in [7, 11) is 0. The average molecular weight is 345 g/mol. The van der Waals surface area contributed by atoms with Crippen molar-refractivity contribution in [3.05, 3.63) is 0 Å². The molecular formula is C22H36N2O. The van der Waals surface area contributed by atoms with E-state index in [4.69, 9.17) is 11.5 Å². The van der Waals surface area contributed by atoms with Crippen LogP contribution in [0.3, 0.4) is 0 Å². The Hall–Kier alpha value is -0.570. The Morgan fingerprint density at radius 2 is 1.00 bits per heavy atom. The van der Waals surface area contributed by atoms with Crippen molar-refractivity contribution in [1.29, 1.82) is 0 Å². The predicted molar refractivity (Wildman–Crippen MR) is 99.5 cm³/mol. The molecule has 8 aliphatic rings. The molecule has 8 bridgehead atoms. The first-order chi connectivity index (χ1) is 12.0. The molecule has 4 N–H and O–H groups in total. The van der Waals surface area contributed by atoms with Crippen LogP contribution in [-0.2, 0) is 4.79 Å². The van der Waals surface area contributed by atoms with Gasteiger partial charge in [-0.25, -0.2) is 0 Å². The molecule has 140 valence electrons. The first-order valence-corrected chi connectivity index (χ1v) is 11.0. The third kappa shape index (κ3) is 2.76. The summed E-state index contributed by atoms with van der Waals surface area (Å²) in [5.41, 5.74) is 12.0. The summed E-state index contributed by atoms with van der Waals surface area (Å²) in [5.74, 6) is 5.70. The first-order valence-electron chi connectivity index (χ1n) is 11.0. The van der Waals surface area contributed by atoms with Gasteiger partial charge in [0.25, 0.3) is 0 Å². The summed E-state index contributed by atoms with van der Waals surface area (Å²) in [6, 6.07) is 0. The number of carbonyl (C=O) groups is 1. The summed E-state index contributed by atoms with van der Waals surface area (Å²) in [5, 5.41) is 0. The maximum atomic E-state index is 11.5. The normalized spacial score (nSPS) is 54.3. The summed E-state index contributed by atoms with van der Waals surface area (Å²) in [6.07, 6.45) is 16.5. The van der Waals surface area contributed by atoms with E-state index in [2.05, 4.69) is 0 Å². The molecule has 0 radical (unpaired) electrons. The summed E-state index contributed by atoms with van der Waals surface area (Å²) in [4.78, 5) is 11.5. The lowest BCUT2D eigenvalue weighted by atomic mass is 9.49. The van der Waals surface area contributed by atoms with E-state index in [0.29, 0.717) is 5.41 Å². The second-order valence-corrected chi connectivity index (χ2v) is 11.2. The van der Waals surface area contributed by atoms with Crippen molar-refractivity contribution in [2.75, 3.05) is 6.54 Å². The first kappa shape index (κ1) is 16.6. The van der Waals surface area contributed by atoms with Gasteiger partial charge >= 0.3 is 0 Å². The number of amides is 1. The molecular weight excluding hydrogens is 308 g/mol. The number of nitrogens with two attached hydrogens (primary N) is 2. The van der Waals surface area contributed by atoms with Gasteiger partial charge in [0.1, 0.15) is 0 Å². The monoisotopic (exact) mass is 344 g/mol. The fourth-order valence-corrected chi connectivity index (χ4v) is 8.95. The zero-order valence-electron chi connectivity index (χ0n) is 15.7. The molecule has 1 amide bonds. The molecule has 0 aromatic carbocycles. The van der Waals surface area contributed by atoms with Crippen molar-refractivity contribution in [3.8, 4) is 0 Å². The molecule has 0 aromatic rings. The van der Waals surface area contributed by atoms with E-state index in [1.807, 2.05) is 0 Å². The Morgan fingerprint density at radius 3 is 1.28 bits per heavy atom. The highest BCUT2D eigenvalue weighted by Gasteiger charge is 2.54. The number of hydrogen-bond acceptors (Lipinski definition) is 2. The molecule has 25 heavy (non-hydrogen) atoms. The van der Waals surface area contributed by atoms with Gasteiger partial charge in [0.15, 0.2) is 0 Å². The van der Waals surface area contributed by atoms with Crippen molar-refractivity contribution in [2.24, 2.45) is 57.8 Å². The van der Waals surface area contributed by atoms with Gasteiger partial charge in [-0.3, -0.25) is 4.79 Å². The standard InChI is InChI=1S/C11H17NO.C11H19N/c12-10(13)11-4-7-1-8(5-11)3-9(2-7)6-11;12-7-11-4-8-1-9(5-11)3-10(2-8)6-11/h7-9H,1-6H2,(H2,12,13);8-10H,1-7,12H2. The molecule has 3 heteroatoms. The van der Waals surface area contributed by atoms with Crippen LogP contribution in [0.2, 0.25) is 0 Å². The fourth-order valence-electron chi connectivity index (χ4n) is 8.95. The summed E-state index contributed by atoms with van der Waals surface area (Å²) < 4.78 is 0. The van der Waals surface area contributed by atoms with Crippen LogP contribution in [0.15, 0.2) is 0 Å². The lowest BCUT2D eigenvalue weighted by molar-refractivity contribution is -0.142. The van der Waals surface area contributed by atoms with E-state index in [1.54, 1.807) is 0 Å². The number of carbonyl (C=O) groups excluding carboxylic acids is 1. The van der Waals surface area contributed by atoms with Crippen LogP contribution in [0.4, 0.5) is 0 Å². The van der Waals surface area contributed by atoms with Gasteiger partial charge in [-0.05, 0) is 125 Å². The van der Waals surface area contributed by atoms with E-state index in [0.717, 1.165) is 61.3 Å². The Kier molecular flexibility index (Phi) is 3.79. The SMILES string of the molecule is NC(=O)C12CC3CC(CC(C3)C1)C2.NCC12CC3CC(CC(C3)C1)C2. The van der Waals surface area contributed by atoms with Crippen LogP contribution >= 0.6 is 0 Å². The van der Waals surface area contributed by atoms with E-state index < -0.39 is 0 Å². The Morgan fingerprint density at radius 1 is 0.680 bits per heavy atom. The van der Waals surface area contributed by atoms with E-state index >= 15 is 0 Å². The maximum Gasteiger partial charge on any atom is 0.223 e. The minimum atomic E-state index is -0.0608. The quantitative estimate of drug-likeness (QED) is 0.799. The van der Waals surface area contributed by atoms with Gasteiger partial charge in [0, 0.05) is 5.41 Å².